The van der Waals surface area contributed by atoms with Crippen LogP contribution in [0.3, 0.4) is 0 Å². The van der Waals surface area contributed by atoms with Crippen molar-refractivity contribution in [2.24, 2.45) is 0 Å². The molecule has 19 nitrogen and oxygen atoms in total. The number of carbonyl (C=O) groups excluding carboxylic acids is 1. The van der Waals surface area contributed by atoms with Crippen LogP contribution in [-0.4, -0.2) is 193 Å². The number of aliphatic hydroxyl groups is 11. The van der Waals surface area contributed by atoms with Crippen LogP contribution in [0.5, 0.6) is 0 Å². The lowest BCUT2D eigenvalue weighted by atomic mass is 9.96. The molecule has 3 aliphatic rings. The maximum atomic E-state index is 13.5. The zero-order valence-corrected chi connectivity index (χ0v) is 61.9. The molecule has 12 N–H and O–H groups in total. The van der Waals surface area contributed by atoms with Crippen molar-refractivity contribution in [3.05, 3.63) is 85.1 Å². The van der Waals surface area contributed by atoms with E-state index < -0.39 is 124 Å². The van der Waals surface area contributed by atoms with Gasteiger partial charge in [-0.15, -0.1) is 0 Å². The number of carbonyl (C=O) groups is 1. The van der Waals surface area contributed by atoms with Crippen molar-refractivity contribution >= 4 is 5.91 Å². The molecule has 0 saturated carbocycles. The third kappa shape index (κ3) is 41.0. The predicted octanol–water partition coefficient (Wildman–Crippen LogP) is 13.0. The molecule has 3 saturated heterocycles. The van der Waals surface area contributed by atoms with Gasteiger partial charge in [-0.3, -0.25) is 4.79 Å². The van der Waals surface area contributed by atoms with Crippen molar-refractivity contribution in [2.45, 2.75) is 394 Å². The largest absolute Gasteiger partial charge is 0.394 e. The van der Waals surface area contributed by atoms with E-state index in [1.807, 2.05) is 6.08 Å². The van der Waals surface area contributed by atoms with E-state index in [-0.39, 0.29) is 18.9 Å². The number of allylic oxidation sites excluding steroid dienone is 13. The van der Waals surface area contributed by atoms with Gasteiger partial charge in [0.2, 0.25) is 5.91 Å². The third-order valence-electron chi connectivity index (χ3n) is 19.4. The molecule has 0 aromatic rings. The summed E-state index contributed by atoms with van der Waals surface area (Å²) in [5, 5.41) is 121. The lowest BCUT2D eigenvalue weighted by Crippen LogP contribution is -2.66. The number of amides is 1. The first-order chi connectivity index (χ1) is 48.8. The number of hydrogen-bond acceptors (Lipinski definition) is 18. The summed E-state index contributed by atoms with van der Waals surface area (Å²) < 4.78 is 34.4. The predicted molar refractivity (Wildman–Crippen MR) is 397 cm³/mol. The van der Waals surface area contributed by atoms with Crippen molar-refractivity contribution in [3.63, 3.8) is 0 Å². The monoisotopic (exact) mass is 1420 g/mol. The molecular weight excluding hydrogens is 1270 g/mol. The van der Waals surface area contributed by atoms with E-state index in [1.54, 1.807) is 6.08 Å². The van der Waals surface area contributed by atoms with Crippen LogP contribution in [0.15, 0.2) is 85.1 Å². The van der Waals surface area contributed by atoms with Crippen molar-refractivity contribution in [2.75, 3.05) is 26.4 Å². The zero-order valence-electron chi connectivity index (χ0n) is 61.9. The molecule has 580 valence electrons. The van der Waals surface area contributed by atoms with Crippen LogP contribution < -0.4 is 5.32 Å². The van der Waals surface area contributed by atoms with Gasteiger partial charge in [0.25, 0.3) is 0 Å². The molecule has 0 aromatic heterocycles. The second-order valence-corrected chi connectivity index (χ2v) is 28.1. The molecule has 0 bridgehead atoms. The van der Waals surface area contributed by atoms with Crippen molar-refractivity contribution < 1.29 is 89.4 Å². The molecule has 3 aliphatic heterocycles. The summed E-state index contributed by atoms with van der Waals surface area (Å²) >= 11 is 0. The van der Waals surface area contributed by atoms with Gasteiger partial charge in [-0.2, -0.15) is 0 Å². The van der Waals surface area contributed by atoms with Crippen LogP contribution in [0, 0.1) is 0 Å². The molecule has 3 fully saturated rings. The summed E-state index contributed by atoms with van der Waals surface area (Å²) in [6.07, 6.45) is 54.2. The number of rotatable bonds is 62. The molecule has 0 aromatic carbocycles. The fourth-order valence-electron chi connectivity index (χ4n) is 13.1. The Morgan fingerprint density at radius 2 is 0.690 bits per heavy atom. The fraction of sp³-hybridized carbons (Fsp3) is 0.815. The van der Waals surface area contributed by atoms with E-state index in [4.69, 9.17) is 28.4 Å². The van der Waals surface area contributed by atoms with Crippen molar-refractivity contribution in [3.8, 4) is 0 Å². The molecule has 0 aliphatic carbocycles. The number of nitrogens with one attached hydrogen (secondary N) is 1. The SMILES string of the molecule is CC/C=C\C/C=C\C/C=C\C/C=C\C/C=C\C/C=C\CCCCCCCCCCCCCCCCCCC(=O)NC(COC1OC(CO)C(OC2OC(CO)C(OC3OC(CO)C(O)C(O)C3O)C(O)C2O)C(O)C1O)C(O)/C=C/CCCCCCCCCCCCCCCCCCCC. The highest BCUT2D eigenvalue weighted by Gasteiger charge is 2.54. The van der Waals surface area contributed by atoms with Crippen LogP contribution in [0.2, 0.25) is 0 Å². The van der Waals surface area contributed by atoms with Gasteiger partial charge in [-0.1, -0.05) is 298 Å². The highest BCUT2D eigenvalue weighted by molar-refractivity contribution is 5.76. The number of ether oxygens (including phenoxy) is 6. The minimum atomic E-state index is -1.98. The molecular formula is C81H143NO18. The smallest absolute Gasteiger partial charge is 0.220 e. The summed E-state index contributed by atoms with van der Waals surface area (Å²) in [5.41, 5.74) is 0. The molecule has 0 spiro atoms. The summed E-state index contributed by atoms with van der Waals surface area (Å²) in [5.74, 6) is -0.275. The molecule has 17 atom stereocenters. The molecule has 0 radical (unpaired) electrons. The second kappa shape index (κ2) is 61.2. The van der Waals surface area contributed by atoms with Crippen LogP contribution in [-0.2, 0) is 33.2 Å². The molecule has 100 heavy (non-hydrogen) atoms. The van der Waals surface area contributed by atoms with E-state index in [9.17, 15) is 61.0 Å². The standard InChI is InChI=1S/C81H143NO18/c1-3-5-7-9-11-13-15-17-19-21-23-25-26-27-28-29-30-31-32-33-34-35-36-37-38-39-41-43-45-47-49-51-53-55-57-59-69(87)82-64(65(86)58-56-54-52-50-48-46-44-42-40-24-22-20-18-16-14-12-10-8-6-4-2)63-95-79-75(93)72(90)77(67(61-84)97-79)100-81-76(94)73(91)78(68(62-85)98-81)99-80-74(92)71(89)70(88)66(60-83)96-80/h5,7,11,13,17,19,23,25,27-28,30-31,56,58,64-68,70-81,83-86,88-94H,3-4,6,8-10,12,14-16,18,20-22,24,26,29,32-55,57,59-63H2,1-2H3,(H,82,87)/b7-5-,13-11-,19-17-,25-23-,28-27-,31-30-,58-56+. The van der Waals surface area contributed by atoms with Gasteiger partial charge >= 0.3 is 0 Å². The normalized spacial score (nSPS) is 26.9. The highest BCUT2D eigenvalue weighted by Crippen LogP contribution is 2.33. The van der Waals surface area contributed by atoms with Crippen molar-refractivity contribution in [1.82, 2.24) is 5.32 Å². The topological polar surface area (TPSA) is 307 Å². The molecule has 19 heteroatoms. The maximum Gasteiger partial charge on any atom is 0.220 e. The van der Waals surface area contributed by atoms with E-state index in [0.717, 1.165) is 83.5 Å². The van der Waals surface area contributed by atoms with Gasteiger partial charge in [0.15, 0.2) is 18.9 Å². The Balaban J connectivity index is 1.35. The highest BCUT2D eigenvalue weighted by atomic mass is 16.8. The molecule has 17 unspecified atom stereocenters. The minimum absolute atomic E-state index is 0.241. The Morgan fingerprint density at radius 3 is 1.08 bits per heavy atom. The van der Waals surface area contributed by atoms with E-state index >= 15 is 0 Å². The summed E-state index contributed by atoms with van der Waals surface area (Å²) in [6.45, 7) is 1.65. The summed E-state index contributed by atoms with van der Waals surface area (Å²) in [4.78, 5) is 13.5. The summed E-state index contributed by atoms with van der Waals surface area (Å²) in [6, 6.07) is -0.977. The van der Waals surface area contributed by atoms with Crippen molar-refractivity contribution in [1.29, 1.82) is 0 Å². The second-order valence-electron chi connectivity index (χ2n) is 28.1. The Hall–Kier alpha value is -3.03. The lowest BCUT2D eigenvalue weighted by molar-refractivity contribution is -0.379. The first-order valence-corrected chi connectivity index (χ1v) is 39.8. The molecule has 1 amide bonds. The van der Waals surface area contributed by atoms with Gasteiger partial charge in [-0.25, -0.2) is 0 Å². The Bertz CT molecular complexity index is 2140. The third-order valence-corrected chi connectivity index (χ3v) is 19.4. The Morgan fingerprint density at radius 1 is 0.370 bits per heavy atom. The van der Waals surface area contributed by atoms with Gasteiger partial charge < -0.3 is 89.9 Å². The first kappa shape index (κ1) is 91.2. The minimum Gasteiger partial charge on any atom is -0.394 e. The van der Waals surface area contributed by atoms with Gasteiger partial charge in [0.1, 0.15) is 73.2 Å². The number of unbranched alkanes of at least 4 members (excludes halogenated alkanes) is 34. The van der Waals surface area contributed by atoms with Crippen LogP contribution in [0.4, 0.5) is 0 Å². The lowest BCUT2D eigenvalue weighted by Gasteiger charge is -2.48. The Labute approximate surface area is 603 Å². The zero-order chi connectivity index (χ0) is 72.5. The average molecular weight is 1420 g/mol. The van der Waals surface area contributed by atoms with Crippen LogP contribution >= 0.6 is 0 Å². The average Bonchev–Trinajstić information content (AvgIpc) is 0.783. The first-order valence-electron chi connectivity index (χ1n) is 39.8. The number of hydrogen-bond donors (Lipinski definition) is 12. The molecule has 3 rings (SSSR count). The van der Waals surface area contributed by atoms with E-state index in [1.165, 1.54) is 180 Å². The van der Waals surface area contributed by atoms with Gasteiger partial charge in [-0.05, 0) is 70.6 Å². The number of aliphatic hydroxyl groups excluding tert-OH is 11. The van der Waals surface area contributed by atoms with Gasteiger partial charge in [0.05, 0.1) is 38.6 Å². The van der Waals surface area contributed by atoms with Crippen LogP contribution in [0.1, 0.15) is 290 Å². The molecule has 3 heterocycles. The summed E-state index contributed by atoms with van der Waals surface area (Å²) in [7, 11) is 0. The van der Waals surface area contributed by atoms with E-state index in [2.05, 4.69) is 92.1 Å². The quantitative estimate of drug-likeness (QED) is 0.0199. The van der Waals surface area contributed by atoms with Gasteiger partial charge in [0, 0.05) is 6.42 Å². The van der Waals surface area contributed by atoms with E-state index in [0.29, 0.717) is 6.42 Å². The maximum absolute atomic E-state index is 13.5. The fourth-order valence-corrected chi connectivity index (χ4v) is 13.1. The van der Waals surface area contributed by atoms with Crippen LogP contribution in [0.25, 0.3) is 0 Å². The Kier molecular flexibility index (Phi) is 55.8.